The van der Waals surface area contributed by atoms with Gasteiger partial charge in [-0.3, -0.25) is 4.79 Å². The van der Waals surface area contributed by atoms with E-state index in [0.717, 1.165) is 34.6 Å². The van der Waals surface area contributed by atoms with Crippen LogP contribution in [0.4, 0.5) is 5.82 Å². The van der Waals surface area contributed by atoms with E-state index in [1.807, 2.05) is 48.7 Å². The van der Waals surface area contributed by atoms with Crippen molar-refractivity contribution in [2.75, 3.05) is 5.32 Å². The molecule has 3 aromatic rings. The monoisotopic (exact) mass is 455 g/mol. The first-order valence-electron chi connectivity index (χ1n) is 11.3. The van der Waals surface area contributed by atoms with Crippen molar-refractivity contribution in [2.24, 2.45) is 0 Å². The molecule has 5 rings (SSSR count). The molecule has 2 heterocycles. The zero-order valence-electron chi connectivity index (χ0n) is 19.0. The van der Waals surface area contributed by atoms with Crippen molar-refractivity contribution in [3.63, 3.8) is 0 Å². The first-order valence-corrected chi connectivity index (χ1v) is 11.6. The lowest BCUT2D eigenvalue weighted by Crippen LogP contribution is -2.32. The van der Waals surface area contributed by atoms with Crippen LogP contribution in [-0.2, 0) is 10.3 Å². The van der Waals surface area contributed by atoms with Crippen LogP contribution >= 0.6 is 11.6 Å². The van der Waals surface area contributed by atoms with E-state index in [4.69, 9.17) is 11.6 Å². The van der Waals surface area contributed by atoms with E-state index in [1.165, 1.54) is 5.56 Å². The van der Waals surface area contributed by atoms with Gasteiger partial charge >= 0.3 is 0 Å². The molecule has 33 heavy (non-hydrogen) atoms. The van der Waals surface area contributed by atoms with Gasteiger partial charge in [0, 0.05) is 45.9 Å². The second-order valence-corrected chi connectivity index (χ2v) is 10.3. The highest BCUT2D eigenvalue weighted by atomic mass is 35.5. The number of hydrogen-bond acceptors (Lipinski definition) is 3. The van der Waals surface area contributed by atoms with E-state index in [1.54, 1.807) is 0 Å². The normalized spacial score (nSPS) is 20.0. The lowest BCUT2D eigenvalue weighted by atomic mass is 9.72. The SMILES string of the molecule is CC(C)(C)n1cc(C#N)c2c1NC1=C(C(=O)C[C@H](c3ccccc3)C1)[C@@H]2c1ccc(Cl)cc1. The summed E-state index contributed by atoms with van der Waals surface area (Å²) in [7, 11) is 0. The summed E-state index contributed by atoms with van der Waals surface area (Å²) in [5.74, 6) is 0.872. The second kappa shape index (κ2) is 7.93. The molecule has 2 aromatic carbocycles. The molecule has 1 aliphatic heterocycles. The molecule has 0 spiro atoms. The fourth-order valence-corrected chi connectivity index (χ4v) is 5.31. The number of halogens is 1. The first-order chi connectivity index (χ1) is 15.8. The maximum absolute atomic E-state index is 13.7. The van der Waals surface area contributed by atoms with Gasteiger partial charge in [-0.15, -0.1) is 0 Å². The molecule has 2 aliphatic rings. The van der Waals surface area contributed by atoms with Gasteiger partial charge in [-0.05, 0) is 56.4 Å². The predicted molar refractivity (Wildman–Crippen MR) is 132 cm³/mol. The number of benzene rings is 2. The van der Waals surface area contributed by atoms with Gasteiger partial charge in [0.1, 0.15) is 11.9 Å². The molecule has 1 aromatic heterocycles. The molecule has 0 saturated carbocycles. The summed E-state index contributed by atoms with van der Waals surface area (Å²) in [6, 6.07) is 20.3. The maximum atomic E-state index is 13.7. The Morgan fingerprint density at radius 2 is 1.73 bits per heavy atom. The Balaban J connectivity index is 1.72. The van der Waals surface area contributed by atoms with Gasteiger partial charge in [0.2, 0.25) is 0 Å². The highest BCUT2D eigenvalue weighted by Gasteiger charge is 2.41. The van der Waals surface area contributed by atoms with Crippen molar-refractivity contribution >= 4 is 23.2 Å². The molecule has 1 aliphatic carbocycles. The van der Waals surface area contributed by atoms with Crippen LogP contribution in [0.25, 0.3) is 0 Å². The number of nitriles is 1. The van der Waals surface area contributed by atoms with Gasteiger partial charge in [0.25, 0.3) is 0 Å². The third-order valence-corrected chi connectivity index (χ3v) is 6.97. The summed E-state index contributed by atoms with van der Waals surface area (Å²) in [4.78, 5) is 13.7. The van der Waals surface area contributed by atoms with Crippen LogP contribution in [0.1, 0.15) is 67.7 Å². The molecule has 0 bridgehead atoms. The van der Waals surface area contributed by atoms with Crippen molar-refractivity contribution in [3.8, 4) is 6.07 Å². The highest BCUT2D eigenvalue weighted by Crippen LogP contribution is 2.50. The number of rotatable bonds is 2. The minimum Gasteiger partial charge on any atom is -0.344 e. The largest absolute Gasteiger partial charge is 0.344 e. The van der Waals surface area contributed by atoms with Crippen molar-refractivity contribution in [1.82, 2.24) is 4.57 Å². The molecule has 2 atom stereocenters. The quantitative estimate of drug-likeness (QED) is 0.466. The summed E-state index contributed by atoms with van der Waals surface area (Å²) >= 11 is 6.18. The summed E-state index contributed by atoms with van der Waals surface area (Å²) < 4.78 is 2.13. The Labute approximate surface area is 199 Å². The molecule has 4 nitrogen and oxygen atoms in total. The topological polar surface area (TPSA) is 57.8 Å². The number of nitrogens with one attached hydrogen (secondary N) is 1. The van der Waals surface area contributed by atoms with E-state index in [2.05, 4.69) is 48.9 Å². The van der Waals surface area contributed by atoms with Crippen molar-refractivity contribution in [3.05, 3.63) is 99.3 Å². The van der Waals surface area contributed by atoms with Crippen LogP contribution in [-0.4, -0.2) is 10.4 Å². The number of ketones is 1. The van der Waals surface area contributed by atoms with Gasteiger partial charge in [-0.2, -0.15) is 5.26 Å². The molecular weight excluding hydrogens is 430 g/mol. The second-order valence-electron chi connectivity index (χ2n) is 9.90. The standard InChI is InChI=1S/C28H26ClN3O/c1-28(2,3)32-16-20(15-30)25-24(18-9-11-21(29)12-10-18)26-22(31-27(25)32)13-19(14-23(26)33)17-7-5-4-6-8-17/h4-12,16,19,24,31H,13-14H2,1-3H3/t19-,24-/m1/s1. The van der Waals surface area contributed by atoms with Crippen LogP contribution in [0.15, 0.2) is 72.1 Å². The predicted octanol–water partition coefficient (Wildman–Crippen LogP) is 6.73. The molecule has 166 valence electrons. The molecule has 0 fully saturated rings. The average Bonchev–Trinajstić information content (AvgIpc) is 3.18. The Kier molecular flexibility index (Phi) is 5.18. The lowest BCUT2D eigenvalue weighted by Gasteiger charge is -2.37. The number of anilines is 1. The van der Waals surface area contributed by atoms with E-state index in [-0.39, 0.29) is 23.2 Å². The van der Waals surface area contributed by atoms with Gasteiger partial charge < -0.3 is 9.88 Å². The summed E-state index contributed by atoms with van der Waals surface area (Å²) in [5, 5.41) is 14.3. The number of nitrogens with zero attached hydrogens (tertiary/aromatic N) is 2. The van der Waals surface area contributed by atoms with E-state index >= 15 is 0 Å². The van der Waals surface area contributed by atoms with Crippen LogP contribution < -0.4 is 5.32 Å². The van der Waals surface area contributed by atoms with Gasteiger partial charge in [-0.25, -0.2) is 0 Å². The Hall–Kier alpha value is -3.29. The highest BCUT2D eigenvalue weighted by molar-refractivity contribution is 6.30. The van der Waals surface area contributed by atoms with E-state index < -0.39 is 0 Å². The average molecular weight is 456 g/mol. The lowest BCUT2D eigenvalue weighted by molar-refractivity contribution is -0.116. The van der Waals surface area contributed by atoms with Crippen LogP contribution in [0, 0.1) is 11.3 Å². The van der Waals surface area contributed by atoms with Gasteiger partial charge in [0.15, 0.2) is 5.78 Å². The molecule has 0 radical (unpaired) electrons. The third kappa shape index (κ3) is 3.67. The summed E-state index contributed by atoms with van der Waals surface area (Å²) in [5.41, 5.74) is 5.13. The molecular formula is C28H26ClN3O. The van der Waals surface area contributed by atoms with Crippen LogP contribution in [0.5, 0.6) is 0 Å². The summed E-state index contributed by atoms with van der Waals surface area (Å²) in [6.45, 7) is 6.36. The zero-order chi connectivity index (χ0) is 23.3. The minimum atomic E-state index is -0.295. The molecule has 0 saturated heterocycles. The van der Waals surface area contributed by atoms with E-state index in [9.17, 15) is 10.1 Å². The molecule has 0 amide bonds. The number of carbonyl (C=O) groups is 1. The number of Topliss-reactive ketones (excluding diaryl/α,β-unsaturated/α-hetero) is 1. The fraction of sp³-hybridized carbons (Fsp3) is 0.286. The van der Waals surface area contributed by atoms with Crippen molar-refractivity contribution in [1.29, 1.82) is 5.26 Å². The zero-order valence-corrected chi connectivity index (χ0v) is 19.8. The number of hydrogen-bond donors (Lipinski definition) is 1. The van der Waals surface area contributed by atoms with Crippen molar-refractivity contribution in [2.45, 2.75) is 51.0 Å². The Morgan fingerprint density at radius 1 is 1.03 bits per heavy atom. The van der Waals surface area contributed by atoms with E-state index in [0.29, 0.717) is 17.0 Å². The number of aromatic nitrogens is 1. The number of carbonyl (C=O) groups excluding carboxylic acids is 1. The number of fused-ring (bicyclic) bond motifs is 1. The van der Waals surface area contributed by atoms with Crippen molar-refractivity contribution < 1.29 is 4.79 Å². The smallest absolute Gasteiger partial charge is 0.162 e. The molecule has 1 N–H and O–H groups in total. The Bertz CT molecular complexity index is 1300. The Morgan fingerprint density at radius 3 is 2.36 bits per heavy atom. The number of allylic oxidation sites excluding steroid dienone is 2. The van der Waals surface area contributed by atoms with Gasteiger partial charge in [-0.1, -0.05) is 54.1 Å². The minimum absolute atomic E-state index is 0.130. The maximum Gasteiger partial charge on any atom is 0.162 e. The van der Waals surface area contributed by atoms with Crippen LogP contribution in [0.2, 0.25) is 5.02 Å². The fourth-order valence-electron chi connectivity index (χ4n) is 5.18. The molecule has 5 heteroatoms. The summed E-state index contributed by atoms with van der Waals surface area (Å²) in [6.07, 6.45) is 3.13. The first kappa shape index (κ1) is 21.6. The van der Waals surface area contributed by atoms with Crippen LogP contribution in [0.3, 0.4) is 0 Å². The van der Waals surface area contributed by atoms with Gasteiger partial charge in [0.05, 0.1) is 5.56 Å². The third-order valence-electron chi connectivity index (χ3n) is 6.72. The molecule has 0 unspecified atom stereocenters.